The molecule has 0 fully saturated rings. The van der Waals surface area contributed by atoms with Crippen LogP contribution in [0.2, 0.25) is 0 Å². The number of carbonyl (C=O) groups excluding carboxylic acids is 1. The minimum atomic E-state index is -0.229. The van der Waals surface area contributed by atoms with Crippen molar-refractivity contribution in [2.45, 2.75) is 13.8 Å². The predicted molar refractivity (Wildman–Crippen MR) is 92.5 cm³/mol. The Morgan fingerprint density at radius 2 is 2.08 bits per heavy atom. The second-order valence-electron chi connectivity index (χ2n) is 5.24. The molecule has 0 aliphatic rings. The Kier molecular flexibility index (Phi) is 5.77. The summed E-state index contributed by atoms with van der Waals surface area (Å²) in [6.07, 6.45) is 0. The minimum Gasteiger partial charge on any atom is -0.493 e. The van der Waals surface area contributed by atoms with Gasteiger partial charge in [0.05, 0.1) is 31.9 Å². The molecule has 2 rings (SSSR count). The van der Waals surface area contributed by atoms with Crippen LogP contribution >= 0.6 is 11.3 Å². The predicted octanol–water partition coefficient (Wildman–Crippen LogP) is 3.03. The average molecular weight is 345 g/mol. The fourth-order valence-corrected chi connectivity index (χ4v) is 3.05. The second kappa shape index (κ2) is 7.79. The summed E-state index contributed by atoms with van der Waals surface area (Å²) in [5.74, 6) is 0.806. The van der Waals surface area contributed by atoms with Crippen molar-refractivity contribution in [1.29, 1.82) is 5.26 Å². The number of rotatable bonds is 6. The smallest absolute Gasteiger partial charge is 0.263 e. The standard InChI is InChI=1S/C17H19N3O3S/c1-10(8-18)9-19-16(21)15-11(2)20-17(24-15)12-5-6-13(22-3)14(7-12)23-4/h5-7,10H,9H2,1-4H3,(H,19,21). The number of nitriles is 1. The third-order valence-electron chi connectivity index (χ3n) is 3.42. The molecule has 2 aromatic rings. The van der Waals surface area contributed by atoms with Crippen molar-refractivity contribution in [3.05, 3.63) is 28.8 Å². The van der Waals surface area contributed by atoms with Gasteiger partial charge in [-0.1, -0.05) is 0 Å². The third kappa shape index (κ3) is 3.84. The van der Waals surface area contributed by atoms with E-state index in [4.69, 9.17) is 14.7 Å². The second-order valence-corrected chi connectivity index (χ2v) is 6.24. The van der Waals surface area contributed by atoms with Crippen molar-refractivity contribution in [2.75, 3.05) is 20.8 Å². The molecular formula is C17H19N3O3S. The number of methoxy groups -OCH3 is 2. The summed E-state index contributed by atoms with van der Waals surface area (Å²) in [6.45, 7) is 3.87. The molecule has 0 aliphatic carbocycles. The fourth-order valence-electron chi connectivity index (χ4n) is 2.07. The molecule has 1 amide bonds. The molecule has 7 heteroatoms. The van der Waals surface area contributed by atoms with Crippen LogP contribution in [0, 0.1) is 24.2 Å². The molecule has 0 aliphatic heterocycles. The summed E-state index contributed by atoms with van der Waals surface area (Å²) in [4.78, 5) is 17.3. The highest BCUT2D eigenvalue weighted by Gasteiger charge is 2.17. The molecule has 6 nitrogen and oxygen atoms in total. The van der Waals surface area contributed by atoms with E-state index in [0.29, 0.717) is 28.6 Å². The highest BCUT2D eigenvalue weighted by atomic mass is 32.1. The summed E-state index contributed by atoms with van der Waals surface area (Å²) >= 11 is 1.31. The van der Waals surface area contributed by atoms with Crippen LogP contribution in [-0.4, -0.2) is 31.7 Å². The molecule has 0 saturated carbocycles. The van der Waals surface area contributed by atoms with Crippen molar-refractivity contribution < 1.29 is 14.3 Å². The summed E-state index contributed by atoms with van der Waals surface area (Å²) in [5, 5.41) is 12.3. The van der Waals surface area contributed by atoms with E-state index < -0.39 is 0 Å². The monoisotopic (exact) mass is 345 g/mol. The first-order valence-corrected chi connectivity index (χ1v) is 8.19. The number of amides is 1. The molecule has 0 saturated heterocycles. The number of ether oxygens (including phenoxy) is 2. The van der Waals surface area contributed by atoms with E-state index in [2.05, 4.69) is 16.4 Å². The Morgan fingerprint density at radius 3 is 2.71 bits per heavy atom. The molecular weight excluding hydrogens is 326 g/mol. The minimum absolute atomic E-state index is 0.209. The van der Waals surface area contributed by atoms with E-state index in [0.717, 1.165) is 10.6 Å². The van der Waals surface area contributed by atoms with Gasteiger partial charge < -0.3 is 14.8 Å². The lowest BCUT2D eigenvalue weighted by atomic mass is 10.2. The zero-order valence-electron chi connectivity index (χ0n) is 14.0. The molecule has 126 valence electrons. The molecule has 1 N–H and O–H groups in total. The lowest BCUT2D eigenvalue weighted by Crippen LogP contribution is -2.27. The molecule has 1 atom stereocenters. The Labute approximate surface area is 145 Å². The summed E-state index contributed by atoms with van der Waals surface area (Å²) in [5.41, 5.74) is 1.51. The van der Waals surface area contributed by atoms with Gasteiger partial charge >= 0.3 is 0 Å². The van der Waals surface area contributed by atoms with E-state index in [1.807, 2.05) is 12.1 Å². The number of carbonyl (C=O) groups is 1. The fraction of sp³-hybridized carbons (Fsp3) is 0.353. The Balaban J connectivity index is 2.25. The lowest BCUT2D eigenvalue weighted by molar-refractivity contribution is 0.0954. The number of hydrogen-bond acceptors (Lipinski definition) is 6. The topological polar surface area (TPSA) is 84.2 Å². The molecule has 1 unspecified atom stereocenters. The molecule has 1 aromatic heterocycles. The Morgan fingerprint density at radius 1 is 1.38 bits per heavy atom. The quantitative estimate of drug-likeness (QED) is 0.870. The highest BCUT2D eigenvalue weighted by Crippen LogP contribution is 2.34. The first-order chi connectivity index (χ1) is 11.5. The van der Waals surface area contributed by atoms with Crippen LogP contribution in [-0.2, 0) is 0 Å². The summed E-state index contributed by atoms with van der Waals surface area (Å²) < 4.78 is 10.5. The van der Waals surface area contributed by atoms with Gasteiger partial charge in [0, 0.05) is 12.1 Å². The zero-order valence-corrected chi connectivity index (χ0v) is 14.9. The number of thiazole rings is 1. The number of nitrogens with one attached hydrogen (secondary N) is 1. The summed E-state index contributed by atoms with van der Waals surface area (Å²) in [7, 11) is 3.15. The number of hydrogen-bond donors (Lipinski definition) is 1. The number of aromatic nitrogens is 1. The van der Waals surface area contributed by atoms with Gasteiger partial charge in [-0.25, -0.2) is 4.98 Å². The maximum absolute atomic E-state index is 12.3. The largest absolute Gasteiger partial charge is 0.493 e. The maximum atomic E-state index is 12.3. The van der Waals surface area contributed by atoms with E-state index in [-0.39, 0.29) is 11.8 Å². The lowest BCUT2D eigenvalue weighted by Gasteiger charge is -2.08. The van der Waals surface area contributed by atoms with Crippen LogP contribution in [0.15, 0.2) is 18.2 Å². The SMILES string of the molecule is COc1ccc(-c2nc(C)c(C(=O)NCC(C)C#N)s2)cc1OC. The van der Waals surface area contributed by atoms with Gasteiger partial charge in [0.25, 0.3) is 5.91 Å². The third-order valence-corrected chi connectivity index (χ3v) is 4.63. The normalized spacial score (nSPS) is 11.5. The molecule has 1 heterocycles. The number of benzene rings is 1. The number of nitrogens with zero attached hydrogens (tertiary/aromatic N) is 2. The van der Waals surface area contributed by atoms with Gasteiger partial charge in [-0.2, -0.15) is 5.26 Å². The van der Waals surface area contributed by atoms with Crippen molar-refractivity contribution in [1.82, 2.24) is 10.3 Å². The van der Waals surface area contributed by atoms with E-state index in [1.165, 1.54) is 11.3 Å². The van der Waals surface area contributed by atoms with E-state index >= 15 is 0 Å². The molecule has 1 aromatic carbocycles. The Hall–Kier alpha value is -2.59. The van der Waals surface area contributed by atoms with Gasteiger partial charge in [-0.05, 0) is 32.0 Å². The molecule has 0 radical (unpaired) electrons. The number of aryl methyl sites for hydroxylation is 1. The van der Waals surface area contributed by atoms with Crippen molar-refractivity contribution in [3.63, 3.8) is 0 Å². The van der Waals surface area contributed by atoms with Gasteiger partial charge in [0.15, 0.2) is 11.5 Å². The Bertz CT molecular complexity index is 780. The van der Waals surface area contributed by atoms with Crippen LogP contribution in [0.25, 0.3) is 10.6 Å². The van der Waals surface area contributed by atoms with Crippen LogP contribution < -0.4 is 14.8 Å². The van der Waals surface area contributed by atoms with Gasteiger partial charge in [-0.15, -0.1) is 11.3 Å². The van der Waals surface area contributed by atoms with Crippen molar-refractivity contribution >= 4 is 17.2 Å². The highest BCUT2D eigenvalue weighted by molar-refractivity contribution is 7.17. The van der Waals surface area contributed by atoms with Crippen LogP contribution in [0.3, 0.4) is 0 Å². The first kappa shape index (κ1) is 17.8. The molecule has 24 heavy (non-hydrogen) atoms. The van der Waals surface area contributed by atoms with E-state index in [9.17, 15) is 4.79 Å². The van der Waals surface area contributed by atoms with Gasteiger partial charge in [-0.3, -0.25) is 4.79 Å². The zero-order chi connectivity index (χ0) is 17.7. The molecule has 0 spiro atoms. The van der Waals surface area contributed by atoms with Gasteiger partial charge in [0.1, 0.15) is 9.88 Å². The first-order valence-electron chi connectivity index (χ1n) is 7.37. The van der Waals surface area contributed by atoms with E-state index in [1.54, 1.807) is 34.1 Å². The maximum Gasteiger partial charge on any atom is 0.263 e. The van der Waals surface area contributed by atoms with Crippen LogP contribution in [0.4, 0.5) is 0 Å². The van der Waals surface area contributed by atoms with Gasteiger partial charge in [0.2, 0.25) is 0 Å². The van der Waals surface area contributed by atoms with Crippen molar-refractivity contribution in [2.24, 2.45) is 5.92 Å². The van der Waals surface area contributed by atoms with Crippen LogP contribution in [0.1, 0.15) is 22.3 Å². The summed E-state index contributed by atoms with van der Waals surface area (Å²) in [6, 6.07) is 7.60. The van der Waals surface area contributed by atoms with Crippen LogP contribution in [0.5, 0.6) is 11.5 Å². The van der Waals surface area contributed by atoms with Crippen molar-refractivity contribution in [3.8, 4) is 28.1 Å². The molecule has 0 bridgehead atoms. The average Bonchev–Trinajstić information content (AvgIpc) is 3.00.